The number of hydrogen-bond acceptors (Lipinski definition) is 4. The highest BCUT2D eigenvalue weighted by Crippen LogP contribution is 2.33. The van der Waals surface area contributed by atoms with E-state index >= 15 is 0 Å². The zero-order valence-corrected chi connectivity index (χ0v) is 8.87. The predicted octanol–water partition coefficient (Wildman–Crippen LogP) is -0.425. The SMILES string of the molecule is O=c1ccn([C@H]2CS[C@@H](CO)C2)c(=O)[nH]1. The summed E-state index contributed by atoms with van der Waals surface area (Å²) in [5.41, 5.74) is -0.743. The van der Waals surface area contributed by atoms with Crippen LogP contribution in [0.2, 0.25) is 0 Å². The summed E-state index contributed by atoms with van der Waals surface area (Å²) < 4.78 is 1.53. The van der Waals surface area contributed by atoms with Crippen LogP contribution >= 0.6 is 11.8 Å². The number of thioether (sulfide) groups is 1. The lowest BCUT2D eigenvalue weighted by molar-refractivity contribution is 0.285. The van der Waals surface area contributed by atoms with Gasteiger partial charge in [0.05, 0.1) is 6.61 Å². The Labute approximate surface area is 90.1 Å². The quantitative estimate of drug-likeness (QED) is 0.720. The first-order valence-corrected chi connectivity index (χ1v) is 5.79. The highest BCUT2D eigenvalue weighted by atomic mass is 32.2. The van der Waals surface area contributed by atoms with Crippen molar-refractivity contribution in [2.24, 2.45) is 0 Å². The molecule has 2 rings (SSSR count). The van der Waals surface area contributed by atoms with Crippen molar-refractivity contribution in [1.82, 2.24) is 9.55 Å². The molecular weight excluding hydrogens is 216 g/mol. The molecule has 6 heteroatoms. The minimum Gasteiger partial charge on any atom is -0.395 e. The van der Waals surface area contributed by atoms with E-state index in [9.17, 15) is 9.59 Å². The number of hydrogen-bond donors (Lipinski definition) is 2. The number of H-pyrrole nitrogens is 1. The monoisotopic (exact) mass is 228 g/mol. The van der Waals surface area contributed by atoms with E-state index in [-0.39, 0.29) is 29.1 Å². The number of nitrogens with one attached hydrogen (secondary N) is 1. The summed E-state index contributed by atoms with van der Waals surface area (Å²) in [5.74, 6) is 0.803. The van der Waals surface area contributed by atoms with Crippen molar-refractivity contribution in [2.75, 3.05) is 12.4 Å². The summed E-state index contributed by atoms with van der Waals surface area (Å²) in [6.45, 7) is 0.138. The molecule has 2 heterocycles. The smallest absolute Gasteiger partial charge is 0.328 e. The van der Waals surface area contributed by atoms with Crippen LogP contribution < -0.4 is 11.2 Å². The molecule has 0 unspecified atom stereocenters. The van der Waals surface area contributed by atoms with Crippen LogP contribution in [0, 0.1) is 0 Å². The van der Waals surface area contributed by atoms with Gasteiger partial charge in [0.15, 0.2) is 0 Å². The van der Waals surface area contributed by atoms with E-state index in [4.69, 9.17) is 5.11 Å². The summed E-state index contributed by atoms with van der Waals surface area (Å²) in [6, 6.07) is 1.43. The molecule has 1 aliphatic heterocycles. The summed E-state index contributed by atoms with van der Waals surface area (Å²) in [6.07, 6.45) is 2.29. The van der Waals surface area contributed by atoms with E-state index in [0.717, 1.165) is 12.2 Å². The maximum absolute atomic E-state index is 11.5. The predicted molar refractivity (Wildman–Crippen MR) is 58.3 cm³/mol. The van der Waals surface area contributed by atoms with E-state index < -0.39 is 0 Å². The van der Waals surface area contributed by atoms with Crippen molar-refractivity contribution in [3.8, 4) is 0 Å². The molecular formula is C9H12N2O3S. The van der Waals surface area contributed by atoms with Crippen LogP contribution in [0.15, 0.2) is 21.9 Å². The van der Waals surface area contributed by atoms with Gasteiger partial charge in [-0.3, -0.25) is 14.3 Å². The third-order valence-electron chi connectivity index (χ3n) is 2.51. The number of aliphatic hydroxyl groups excluding tert-OH is 1. The number of aliphatic hydroxyl groups is 1. The zero-order valence-electron chi connectivity index (χ0n) is 8.05. The molecule has 0 aliphatic carbocycles. The van der Waals surface area contributed by atoms with Crippen LogP contribution in [0.5, 0.6) is 0 Å². The Balaban J connectivity index is 2.24. The number of rotatable bonds is 2. The van der Waals surface area contributed by atoms with Gasteiger partial charge in [-0.1, -0.05) is 0 Å². The third-order valence-corrected chi connectivity index (χ3v) is 3.90. The van der Waals surface area contributed by atoms with Crippen molar-refractivity contribution in [3.05, 3.63) is 33.1 Å². The normalized spacial score (nSPS) is 25.7. The van der Waals surface area contributed by atoms with Gasteiger partial charge in [-0.25, -0.2) is 4.79 Å². The lowest BCUT2D eigenvalue weighted by atomic mass is 10.2. The second-order valence-corrected chi connectivity index (χ2v) is 4.88. The fourth-order valence-corrected chi connectivity index (χ4v) is 2.98. The van der Waals surface area contributed by atoms with Gasteiger partial charge in [0.2, 0.25) is 0 Å². The molecule has 0 aromatic carbocycles. The third kappa shape index (κ3) is 2.15. The Morgan fingerprint density at radius 2 is 2.40 bits per heavy atom. The van der Waals surface area contributed by atoms with Gasteiger partial charge in [0.1, 0.15) is 0 Å². The average Bonchev–Trinajstić information content (AvgIpc) is 2.66. The van der Waals surface area contributed by atoms with Crippen molar-refractivity contribution in [3.63, 3.8) is 0 Å². The molecule has 0 bridgehead atoms. The number of nitrogens with zero attached hydrogens (tertiary/aromatic N) is 1. The second kappa shape index (κ2) is 4.24. The van der Waals surface area contributed by atoms with Crippen LogP contribution in [0.1, 0.15) is 12.5 Å². The van der Waals surface area contributed by atoms with Crippen molar-refractivity contribution in [2.45, 2.75) is 17.7 Å². The largest absolute Gasteiger partial charge is 0.395 e. The average molecular weight is 228 g/mol. The zero-order chi connectivity index (χ0) is 10.8. The molecule has 0 saturated carbocycles. The number of aromatic amines is 1. The molecule has 5 nitrogen and oxygen atoms in total. The van der Waals surface area contributed by atoms with Crippen LogP contribution in [-0.4, -0.2) is 32.3 Å². The van der Waals surface area contributed by atoms with E-state index in [1.807, 2.05) is 0 Å². The molecule has 1 aromatic heterocycles. The molecule has 0 spiro atoms. The standard InChI is InChI=1S/C9H12N2O3S/c12-4-7-3-6(5-15-7)11-2-1-8(13)10-9(11)14/h1-2,6-7,12H,3-5H2,(H,10,13,14)/t6-,7-/m1/s1. The number of aromatic nitrogens is 2. The first-order valence-electron chi connectivity index (χ1n) is 4.74. The summed E-state index contributed by atoms with van der Waals surface area (Å²) >= 11 is 1.66. The van der Waals surface area contributed by atoms with Crippen LogP contribution in [0.3, 0.4) is 0 Å². The summed E-state index contributed by atoms with van der Waals surface area (Å²) in [4.78, 5) is 24.6. The Morgan fingerprint density at radius 3 is 3.00 bits per heavy atom. The Hall–Kier alpha value is -1.01. The first-order chi connectivity index (χ1) is 7.20. The van der Waals surface area contributed by atoms with E-state index in [1.165, 1.54) is 16.8 Å². The van der Waals surface area contributed by atoms with Gasteiger partial charge < -0.3 is 5.11 Å². The van der Waals surface area contributed by atoms with Gasteiger partial charge in [0.25, 0.3) is 5.56 Å². The van der Waals surface area contributed by atoms with E-state index in [1.54, 1.807) is 11.8 Å². The molecule has 1 fully saturated rings. The van der Waals surface area contributed by atoms with Crippen LogP contribution in [-0.2, 0) is 0 Å². The fourth-order valence-electron chi connectivity index (χ4n) is 1.72. The Bertz CT molecular complexity index is 453. The molecule has 1 aromatic rings. The lowest BCUT2D eigenvalue weighted by Gasteiger charge is -2.11. The molecule has 0 amide bonds. The van der Waals surface area contributed by atoms with Gasteiger partial charge in [-0.2, -0.15) is 11.8 Å². The van der Waals surface area contributed by atoms with Crippen LogP contribution in [0.4, 0.5) is 0 Å². The van der Waals surface area contributed by atoms with Crippen LogP contribution in [0.25, 0.3) is 0 Å². The van der Waals surface area contributed by atoms with Crippen molar-refractivity contribution < 1.29 is 5.11 Å². The second-order valence-electron chi connectivity index (χ2n) is 3.54. The lowest BCUT2D eigenvalue weighted by Crippen LogP contribution is -2.31. The maximum Gasteiger partial charge on any atom is 0.328 e. The van der Waals surface area contributed by atoms with Gasteiger partial charge in [0, 0.05) is 29.3 Å². The van der Waals surface area contributed by atoms with Crippen molar-refractivity contribution in [1.29, 1.82) is 0 Å². The maximum atomic E-state index is 11.5. The molecule has 2 N–H and O–H groups in total. The molecule has 1 saturated heterocycles. The molecule has 15 heavy (non-hydrogen) atoms. The first kappa shape index (κ1) is 10.5. The minimum absolute atomic E-state index is 0.0801. The fraction of sp³-hybridized carbons (Fsp3) is 0.556. The summed E-state index contributed by atoms with van der Waals surface area (Å²) in [7, 11) is 0. The van der Waals surface area contributed by atoms with E-state index in [0.29, 0.717) is 0 Å². The van der Waals surface area contributed by atoms with E-state index in [2.05, 4.69) is 4.98 Å². The van der Waals surface area contributed by atoms with Gasteiger partial charge in [-0.15, -0.1) is 0 Å². The Morgan fingerprint density at radius 1 is 1.60 bits per heavy atom. The molecule has 0 radical (unpaired) electrons. The molecule has 1 aliphatic rings. The summed E-state index contributed by atoms with van der Waals surface area (Å²) in [5, 5.41) is 9.18. The molecule has 2 atom stereocenters. The minimum atomic E-state index is -0.374. The highest BCUT2D eigenvalue weighted by Gasteiger charge is 2.26. The highest BCUT2D eigenvalue weighted by molar-refractivity contribution is 8.00. The van der Waals surface area contributed by atoms with Crippen molar-refractivity contribution >= 4 is 11.8 Å². The Kier molecular flexibility index (Phi) is 2.97. The van der Waals surface area contributed by atoms with Gasteiger partial charge >= 0.3 is 5.69 Å². The van der Waals surface area contributed by atoms with Gasteiger partial charge in [-0.05, 0) is 6.42 Å². The topological polar surface area (TPSA) is 75.1 Å². The molecule has 82 valence electrons.